The first-order valence-electron chi connectivity index (χ1n) is 5.29. The molecule has 94 valence electrons. The molecule has 1 aromatic carbocycles. The normalized spacial score (nSPS) is 12.3. The highest BCUT2D eigenvalue weighted by Gasteiger charge is 2.22. The van der Waals surface area contributed by atoms with Crippen molar-refractivity contribution in [3.8, 4) is 0 Å². The van der Waals surface area contributed by atoms with E-state index < -0.39 is 11.9 Å². The second kappa shape index (κ2) is 5.87. The Kier molecular flexibility index (Phi) is 4.43. The molecular weight excluding hydrogens is 336 g/mol. The van der Waals surface area contributed by atoms with E-state index in [0.717, 1.165) is 14.9 Å². The van der Waals surface area contributed by atoms with E-state index in [1.165, 1.54) is 11.3 Å². The van der Waals surface area contributed by atoms with Gasteiger partial charge in [-0.05, 0) is 30.2 Å². The highest BCUT2D eigenvalue weighted by atomic mass is 79.9. The summed E-state index contributed by atoms with van der Waals surface area (Å²) < 4.78 is 1.54. The molecule has 1 atom stereocenters. The third-order valence-corrected chi connectivity index (χ3v) is 4.74. The van der Waals surface area contributed by atoms with Crippen LogP contribution in [0.3, 0.4) is 0 Å². The molecule has 0 saturated heterocycles. The number of benzene rings is 1. The van der Waals surface area contributed by atoms with E-state index in [2.05, 4.69) is 15.9 Å². The molecule has 1 unspecified atom stereocenters. The van der Waals surface area contributed by atoms with E-state index in [1.54, 1.807) is 12.1 Å². The molecule has 0 spiro atoms. The van der Waals surface area contributed by atoms with Gasteiger partial charge in [0, 0.05) is 9.35 Å². The summed E-state index contributed by atoms with van der Waals surface area (Å²) in [6, 6.07) is 11.2. The van der Waals surface area contributed by atoms with Crippen molar-refractivity contribution in [1.82, 2.24) is 0 Å². The van der Waals surface area contributed by atoms with Crippen LogP contribution in [0.25, 0.3) is 0 Å². The van der Waals surface area contributed by atoms with Gasteiger partial charge in [-0.3, -0.25) is 4.79 Å². The van der Waals surface area contributed by atoms with Crippen molar-refractivity contribution in [2.45, 2.75) is 12.3 Å². The maximum Gasteiger partial charge on any atom is 0.312 e. The third-order valence-electron chi connectivity index (χ3n) is 2.62. The third kappa shape index (κ3) is 3.13. The number of thiophene rings is 1. The fraction of sp³-hybridized carbons (Fsp3) is 0.154. The molecular formula is C13H10BrClO2S. The Morgan fingerprint density at radius 3 is 2.61 bits per heavy atom. The summed E-state index contributed by atoms with van der Waals surface area (Å²) in [5, 5.41) is 9.34. The van der Waals surface area contributed by atoms with Gasteiger partial charge in [-0.2, -0.15) is 0 Å². The summed E-state index contributed by atoms with van der Waals surface area (Å²) in [6.45, 7) is 0. The molecule has 0 aliphatic carbocycles. The first-order valence-corrected chi connectivity index (χ1v) is 7.28. The quantitative estimate of drug-likeness (QED) is 0.881. The van der Waals surface area contributed by atoms with Crippen LogP contribution < -0.4 is 0 Å². The highest BCUT2D eigenvalue weighted by Crippen LogP contribution is 2.32. The fourth-order valence-electron chi connectivity index (χ4n) is 1.71. The number of carbonyl (C=O) groups is 1. The lowest BCUT2D eigenvalue weighted by Gasteiger charge is -2.11. The molecule has 18 heavy (non-hydrogen) atoms. The van der Waals surface area contributed by atoms with E-state index in [9.17, 15) is 9.90 Å². The highest BCUT2D eigenvalue weighted by molar-refractivity contribution is 9.10. The largest absolute Gasteiger partial charge is 0.481 e. The van der Waals surface area contributed by atoms with Gasteiger partial charge >= 0.3 is 5.97 Å². The Bertz CT molecular complexity index is 568. The maximum atomic E-state index is 11.4. The van der Waals surface area contributed by atoms with E-state index in [0.29, 0.717) is 10.8 Å². The van der Waals surface area contributed by atoms with Gasteiger partial charge in [-0.15, -0.1) is 11.3 Å². The van der Waals surface area contributed by atoms with Gasteiger partial charge in [0.05, 0.1) is 10.3 Å². The number of hydrogen-bond acceptors (Lipinski definition) is 2. The van der Waals surface area contributed by atoms with E-state index in [1.807, 2.05) is 24.3 Å². The fourth-order valence-corrected chi connectivity index (χ4v) is 3.31. The Morgan fingerprint density at radius 1 is 1.33 bits per heavy atom. The minimum atomic E-state index is -0.829. The molecule has 0 fully saturated rings. The first kappa shape index (κ1) is 13.6. The monoisotopic (exact) mass is 344 g/mol. The standard InChI is InChI=1S/C13H10BrClO2S/c14-10-4-2-1-3-8(10)7-9(13(16)17)11-5-6-12(15)18-11/h1-6,9H,7H2,(H,16,17). The summed E-state index contributed by atoms with van der Waals surface area (Å²) >= 11 is 10.6. The lowest BCUT2D eigenvalue weighted by molar-refractivity contribution is -0.138. The molecule has 2 rings (SSSR count). The molecule has 1 N–H and O–H groups in total. The molecule has 0 amide bonds. The lowest BCUT2D eigenvalue weighted by Crippen LogP contribution is -2.13. The number of halogens is 2. The molecule has 0 aliphatic heterocycles. The van der Waals surface area contributed by atoms with Crippen molar-refractivity contribution in [3.63, 3.8) is 0 Å². The van der Waals surface area contributed by atoms with Crippen LogP contribution in [-0.4, -0.2) is 11.1 Å². The molecule has 0 saturated carbocycles. The van der Waals surface area contributed by atoms with Crippen LogP contribution in [0.15, 0.2) is 40.9 Å². The van der Waals surface area contributed by atoms with Crippen molar-refractivity contribution in [3.05, 3.63) is 55.6 Å². The Balaban J connectivity index is 2.28. The molecule has 1 aromatic heterocycles. The SMILES string of the molecule is O=C(O)C(Cc1ccccc1Br)c1ccc(Cl)s1. The number of hydrogen-bond donors (Lipinski definition) is 1. The summed E-state index contributed by atoms with van der Waals surface area (Å²) in [5.41, 5.74) is 0.981. The van der Waals surface area contributed by atoms with Crippen molar-refractivity contribution >= 4 is 44.8 Å². The van der Waals surface area contributed by atoms with E-state index in [4.69, 9.17) is 11.6 Å². The molecule has 2 aromatic rings. The first-order chi connectivity index (χ1) is 8.58. The predicted molar refractivity (Wildman–Crippen MR) is 77.6 cm³/mol. The van der Waals surface area contributed by atoms with Crippen LogP contribution >= 0.6 is 38.9 Å². The van der Waals surface area contributed by atoms with Crippen molar-refractivity contribution < 1.29 is 9.90 Å². The summed E-state index contributed by atoms with van der Waals surface area (Å²) in [6.07, 6.45) is 0.452. The van der Waals surface area contributed by atoms with Crippen LogP contribution in [0, 0.1) is 0 Å². The predicted octanol–water partition coefficient (Wildman–Crippen LogP) is 4.57. The van der Waals surface area contributed by atoms with Crippen molar-refractivity contribution in [1.29, 1.82) is 0 Å². The molecule has 2 nitrogen and oxygen atoms in total. The lowest BCUT2D eigenvalue weighted by atomic mass is 9.98. The van der Waals surface area contributed by atoms with Crippen LogP contribution in [0.2, 0.25) is 4.34 Å². The molecule has 0 aliphatic rings. The minimum absolute atomic E-state index is 0.452. The van der Waals surface area contributed by atoms with Gasteiger partial charge in [0.2, 0.25) is 0 Å². The zero-order valence-electron chi connectivity index (χ0n) is 9.27. The smallest absolute Gasteiger partial charge is 0.312 e. The Morgan fingerprint density at radius 2 is 2.06 bits per heavy atom. The van der Waals surface area contributed by atoms with Gasteiger partial charge in [-0.25, -0.2) is 0 Å². The van der Waals surface area contributed by atoms with Crippen molar-refractivity contribution in [2.24, 2.45) is 0 Å². The van der Waals surface area contributed by atoms with E-state index >= 15 is 0 Å². The second-order valence-corrected chi connectivity index (χ2v) is 6.43. The molecule has 0 bridgehead atoms. The van der Waals surface area contributed by atoms with Gasteiger partial charge in [0.15, 0.2) is 0 Å². The average Bonchev–Trinajstić information content (AvgIpc) is 2.74. The van der Waals surface area contributed by atoms with Gasteiger partial charge in [0.1, 0.15) is 0 Å². The van der Waals surface area contributed by atoms with Crippen LogP contribution in [-0.2, 0) is 11.2 Å². The number of carboxylic acids is 1. The van der Waals surface area contributed by atoms with Crippen LogP contribution in [0.4, 0.5) is 0 Å². The number of carboxylic acid groups (broad SMARTS) is 1. The van der Waals surface area contributed by atoms with Crippen molar-refractivity contribution in [2.75, 3.05) is 0 Å². The molecule has 0 radical (unpaired) electrons. The van der Waals surface area contributed by atoms with Crippen LogP contribution in [0.5, 0.6) is 0 Å². The number of aliphatic carboxylic acids is 1. The zero-order chi connectivity index (χ0) is 13.1. The summed E-state index contributed by atoms with van der Waals surface area (Å²) in [7, 11) is 0. The summed E-state index contributed by atoms with van der Waals surface area (Å²) in [5.74, 6) is -1.38. The summed E-state index contributed by atoms with van der Waals surface area (Å²) in [4.78, 5) is 12.2. The van der Waals surface area contributed by atoms with E-state index in [-0.39, 0.29) is 0 Å². The number of rotatable bonds is 4. The van der Waals surface area contributed by atoms with Crippen LogP contribution in [0.1, 0.15) is 16.4 Å². The zero-order valence-corrected chi connectivity index (χ0v) is 12.4. The van der Waals surface area contributed by atoms with Gasteiger partial charge in [-0.1, -0.05) is 45.7 Å². The van der Waals surface area contributed by atoms with Gasteiger partial charge < -0.3 is 5.11 Å². The molecule has 5 heteroatoms. The minimum Gasteiger partial charge on any atom is -0.481 e. The molecule has 1 heterocycles. The Labute approximate surface area is 122 Å². The second-order valence-electron chi connectivity index (χ2n) is 3.83. The van der Waals surface area contributed by atoms with Gasteiger partial charge in [0.25, 0.3) is 0 Å². The topological polar surface area (TPSA) is 37.3 Å². The Hall–Kier alpha value is -0.840. The average molecular weight is 346 g/mol. The maximum absolute atomic E-state index is 11.4.